The maximum atomic E-state index is 11.3. The number of ether oxygens (including phenoxy) is 1. The third-order valence-electron chi connectivity index (χ3n) is 4.15. The van der Waals surface area contributed by atoms with Crippen LogP contribution in [-0.4, -0.2) is 19.1 Å². The van der Waals surface area contributed by atoms with Gasteiger partial charge in [0.2, 0.25) is 0 Å². The number of rotatable bonds is 5. The Morgan fingerprint density at radius 3 is 2.85 bits per heavy atom. The highest BCUT2D eigenvalue weighted by atomic mass is 16.5. The van der Waals surface area contributed by atoms with E-state index in [1.165, 1.54) is 0 Å². The van der Waals surface area contributed by atoms with E-state index >= 15 is 0 Å². The molecule has 0 saturated carbocycles. The van der Waals surface area contributed by atoms with Gasteiger partial charge in [-0.25, -0.2) is 0 Å². The number of carbonyl (C=O) groups is 1. The molecule has 4 heteroatoms. The van der Waals surface area contributed by atoms with Gasteiger partial charge in [-0.15, -0.1) is 0 Å². The predicted octanol–water partition coefficient (Wildman–Crippen LogP) is 2.79. The van der Waals surface area contributed by atoms with E-state index < -0.39 is 0 Å². The van der Waals surface area contributed by atoms with Gasteiger partial charge >= 0.3 is 0 Å². The van der Waals surface area contributed by atoms with Crippen LogP contribution in [0.5, 0.6) is 5.75 Å². The van der Waals surface area contributed by atoms with Crippen LogP contribution in [0.3, 0.4) is 0 Å². The van der Waals surface area contributed by atoms with Crippen molar-refractivity contribution in [2.24, 2.45) is 11.3 Å². The van der Waals surface area contributed by atoms with Crippen molar-refractivity contribution in [1.29, 1.82) is 0 Å². The molecular weight excluding hydrogens is 252 g/mol. The van der Waals surface area contributed by atoms with Gasteiger partial charge in [0.1, 0.15) is 5.75 Å². The fraction of sp³-hybridized carbons (Fsp3) is 0.562. The average molecular weight is 276 g/mol. The normalized spacial score (nSPS) is 14.8. The van der Waals surface area contributed by atoms with E-state index in [0.717, 1.165) is 30.1 Å². The monoisotopic (exact) mass is 276 g/mol. The molecule has 2 N–H and O–H groups in total. The Kier molecular flexibility index (Phi) is 4.33. The van der Waals surface area contributed by atoms with E-state index in [2.05, 4.69) is 38.3 Å². The van der Waals surface area contributed by atoms with Gasteiger partial charge in [-0.2, -0.15) is 0 Å². The van der Waals surface area contributed by atoms with Gasteiger partial charge in [-0.05, 0) is 29.0 Å². The number of hydrogen-bond donors (Lipinski definition) is 2. The van der Waals surface area contributed by atoms with Crippen molar-refractivity contribution in [3.63, 3.8) is 0 Å². The van der Waals surface area contributed by atoms with Crippen molar-refractivity contribution in [3.8, 4) is 5.75 Å². The summed E-state index contributed by atoms with van der Waals surface area (Å²) in [4.78, 5) is 11.3. The summed E-state index contributed by atoms with van der Waals surface area (Å²) in [6.07, 6.45) is 0. The molecule has 1 amide bonds. The van der Waals surface area contributed by atoms with Crippen LogP contribution in [0.1, 0.15) is 33.3 Å². The standard InChI is InChI=1S/C16H24N2O2/c1-11(2)16(3,4)10-17-8-12-5-6-14-13(7-12)18-15(19)9-20-14/h5-7,11,17H,8-10H2,1-4H3,(H,18,19). The number of nitrogens with one attached hydrogen (secondary N) is 2. The van der Waals surface area contributed by atoms with Gasteiger partial charge in [0.25, 0.3) is 5.91 Å². The summed E-state index contributed by atoms with van der Waals surface area (Å²) in [5.41, 5.74) is 2.18. The average Bonchev–Trinajstić information content (AvgIpc) is 2.37. The topological polar surface area (TPSA) is 50.4 Å². The number of benzene rings is 1. The third kappa shape index (κ3) is 3.51. The van der Waals surface area contributed by atoms with Gasteiger partial charge < -0.3 is 15.4 Å². The fourth-order valence-corrected chi connectivity index (χ4v) is 1.97. The highest BCUT2D eigenvalue weighted by Crippen LogP contribution is 2.29. The minimum Gasteiger partial charge on any atom is -0.482 e. The third-order valence-corrected chi connectivity index (χ3v) is 4.15. The molecule has 2 rings (SSSR count). The molecule has 1 aromatic carbocycles. The Hall–Kier alpha value is -1.55. The molecule has 110 valence electrons. The summed E-state index contributed by atoms with van der Waals surface area (Å²) in [5.74, 6) is 1.28. The zero-order valence-corrected chi connectivity index (χ0v) is 12.7. The van der Waals surface area contributed by atoms with Crippen molar-refractivity contribution in [3.05, 3.63) is 23.8 Å². The van der Waals surface area contributed by atoms with E-state index in [1.807, 2.05) is 18.2 Å². The minimum atomic E-state index is -0.0939. The Morgan fingerprint density at radius 2 is 2.15 bits per heavy atom. The van der Waals surface area contributed by atoms with Gasteiger partial charge in [-0.1, -0.05) is 33.8 Å². The van der Waals surface area contributed by atoms with Crippen molar-refractivity contribution in [1.82, 2.24) is 5.32 Å². The summed E-state index contributed by atoms with van der Waals surface area (Å²) < 4.78 is 5.35. The van der Waals surface area contributed by atoms with Crippen molar-refractivity contribution >= 4 is 11.6 Å². The van der Waals surface area contributed by atoms with Crippen LogP contribution in [0.15, 0.2) is 18.2 Å². The van der Waals surface area contributed by atoms with E-state index in [-0.39, 0.29) is 17.9 Å². The lowest BCUT2D eigenvalue weighted by atomic mass is 9.81. The molecule has 1 heterocycles. The number of hydrogen-bond acceptors (Lipinski definition) is 3. The molecule has 0 fully saturated rings. The number of anilines is 1. The van der Waals surface area contributed by atoms with E-state index in [1.54, 1.807) is 0 Å². The lowest BCUT2D eigenvalue weighted by Crippen LogP contribution is -2.33. The molecule has 0 bridgehead atoms. The van der Waals surface area contributed by atoms with Crippen LogP contribution < -0.4 is 15.4 Å². The summed E-state index contributed by atoms with van der Waals surface area (Å²) >= 11 is 0. The molecule has 0 spiro atoms. The summed E-state index contributed by atoms with van der Waals surface area (Å²) in [5, 5.41) is 6.32. The smallest absolute Gasteiger partial charge is 0.262 e. The Morgan fingerprint density at radius 1 is 1.40 bits per heavy atom. The highest BCUT2D eigenvalue weighted by molar-refractivity contribution is 5.95. The van der Waals surface area contributed by atoms with Crippen LogP contribution in [0, 0.1) is 11.3 Å². The molecule has 0 aromatic heterocycles. The molecular formula is C16H24N2O2. The summed E-state index contributed by atoms with van der Waals surface area (Å²) in [6.45, 7) is 10.9. The molecule has 4 nitrogen and oxygen atoms in total. The molecule has 1 aliphatic rings. The van der Waals surface area contributed by atoms with Crippen molar-refractivity contribution in [2.75, 3.05) is 18.5 Å². The number of amides is 1. The van der Waals surface area contributed by atoms with Gasteiger partial charge in [0.15, 0.2) is 6.61 Å². The van der Waals surface area contributed by atoms with Gasteiger partial charge in [0.05, 0.1) is 5.69 Å². The predicted molar refractivity (Wildman–Crippen MR) is 80.9 cm³/mol. The molecule has 1 aliphatic heterocycles. The van der Waals surface area contributed by atoms with Crippen LogP contribution >= 0.6 is 0 Å². The van der Waals surface area contributed by atoms with Crippen LogP contribution in [0.4, 0.5) is 5.69 Å². The second kappa shape index (κ2) is 5.83. The first-order valence-electron chi connectivity index (χ1n) is 7.15. The fourth-order valence-electron chi connectivity index (χ4n) is 1.97. The Balaban J connectivity index is 1.94. The minimum absolute atomic E-state index is 0.0939. The highest BCUT2D eigenvalue weighted by Gasteiger charge is 2.21. The zero-order valence-electron chi connectivity index (χ0n) is 12.7. The van der Waals surface area contributed by atoms with E-state index in [0.29, 0.717) is 5.92 Å². The second-order valence-electron chi connectivity index (χ2n) is 6.41. The van der Waals surface area contributed by atoms with Crippen molar-refractivity contribution in [2.45, 2.75) is 34.2 Å². The molecule has 0 radical (unpaired) electrons. The SMILES string of the molecule is CC(C)C(C)(C)CNCc1ccc2c(c1)NC(=O)CO2. The maximum absolute atomic E-state index is 11.3. The molecule has 0 aliphatic carbocycles. The van der Waals surface area contributed by atoms with Gasteiger partial charge in [-0.3, -0.25) is 4.79 Å². The zero-order chi connectivity index (χ0) is 14.8. The first-order valence-corrected chi connectivity index (χ1v) is 7.15. The largest absolute Gasteiger partial charge is 0.482 e. The molecule has 0 atom stereocenters. The lowest BCUT2D eigenvalue weighted by molar-refractivity contribution is -0.118. The van der Waals surface area contributed by atoms with Crippen LogP contribution in [0.2, 0.25) is 0 Å². The summed E-state index contributed by atoms with van der Waals surface area (Å²) in [7, 11) is 0. The molecule has 0 unspecified atom stereocenters. The molecule has 0 saturated heterocycles. The van der Waals surface area contributed by atoms with E-state index in [4.69, 9.17) is 4.74 Å². The quantitative estimate of drug-likeness (QED) is 0.869. The molecule has 20 heavy (non-hydrogen) atoms. The van der Waals surface area contributed by atoms with E-state index in [9.17, 15) is 4.79 Å². The number of carbonyl (C=O) groups excluding carboxylic acids is 1. The summed E-state index contributed by atoms with van der Waals surface area (Å²) in [6, 6.07) is 5.92. The van der Waals surface area contributed by atoms with Gasteiger partial charge in [0, 0.05) is 13.1 Å². The molecule has 1 aromatic rings. The van der Waals surface area contributed by atoms with Crippen molar-refractivity contribution < 1.29 is 9.53 Å². The Labute approximate surface area is 120 Å². The first-order chi connectivity index (χ1) is 9.38. The first kappa shape index (κ1) is 14.9. The second-order valence-corrected chi connectivity index (χ2v) is 6.41. The van der Waals surface area contributed by atoms with Crippen LogP contribution in [0.25, 0.3) is 0 Å². The lowest BCUT2D eigenvalue weighted by Gasteiger charge is -2.29. The maximum Gasteiger partial charge on any atom is 0.262 e. The number of fused-ring (bicyclic) bond motifs is 1. The van der Waals surface area contributed by atoms with Crippen LogP contribution in [-0.2, 0) is 11.3 Å². The Bertz CT molecular complexity index is 495.